The summed E-state index contributed by atoms with van der Waals surface area (Å²) < 4.78 is 29.0. The van der Waals surface area contributed by atoms with E-state index in [1.54, 1.807) is 12.1 Å². The lowest BCUT2D eigenvalue weighted by atomic mass is 10.2. The summed E-state index contributed by atoms with van der Waals surface area (Å²) in [5.74, 6) is 0.693. The van der Waals surface area contributed by atoms with Crippen LogP contribution >= 0.6 is 11.8 Å². The van der Waals surface area contributed by atoms with Gasteiger partial charge in [-0.1, -0.05) is 60.6 Å². The number of amidine groups is 1. The predicted octanol–water partition coefficient (Wildman–Crippen LogP) is 4.20. The van der Waals surface area contributed by atoms with Crippen molar-refractivity contribution in [2.75, 3.05) is 11.4 Å². The molecule has 0 radical (unpaired) electrons. The molecule has 0 amide bonds. The highest BCUT2D eigenvalue weighted by Crippen LogP contribution is 2.34. The average Bonchev–Trinajstić information content (AvgIpc) is 2.56. The Morgan fingerprint density at radius 2 is 1.92 bits per heavy atom. The molecule has 0 atom stereocenters. The Labute approximate surface area is 147 Å². The van der Waals surface area contributed by atoms with E-state index in [0.717, 1.165) is 24.2 Å². The van der Waals surface area contributed by atoms with Crippen molar-refractivity contribution in [3.63, 3.8) is 0 Å². The minimum Gasteiger partial charge on any atom is -0.319 e. The topological polar surface area (TPSA) is 49.7 Å². The van der Waals surface area contributed by atoms with Gasteiger partial charge in [0.15, 0.2) is 5.17 Å². The van der Waals surface area contributed by atoms with E-state index in [1.165, 1.54) is 17.3 Å². The lowest BCUT2D eigenvalue weighted by Gasteiger charge is -2.30. The van der Waals surface area contributed by atoms with Crippen LogP contribution in [0.1, 0.15) is 24.5 Å². The van der Waals surface area contributed by atoms with Crippen molar-refractivity contribution in [1.82, 2.24) is 0 Å². The zero-order valence-electron chi connectivity index (χ0n) is 13.8. The molecular weight excluding hydrogens is 340 g/mol. The second kappa shape index (κ2) is 6.99. The Hall–Kier alpha value is -1.79. The maximum atomic E-state index is 12.5. The van der Waals surface area contributed by atoms with E-state index in [9.17, 15) is 8.42 Å². The number of hydrogen-bond donors (Lipinski definition) is 0. The molecule has 0 aromatic heterocycles. The summed E-state index contributed by atoms with van der Waals surface area (Å²) in [4.78, 5) is 2.30. The number of rotatable bonds is 4. The molecule has 0 aliphatic carbocycles. The van der Waals surface area contributed by atoms with E-state index in [0.29, 0.717) is 15.8 Å². The summed E-state index contributed by atoms with van der Waals surface area (Å²) in [6.07, 6.45) is 0.915. The Morgan fingerprint density at radius 3 is 2.67 bits per heavy atom. The molecule has 24 heavy (non-hydrogen) atoms. The molecule has 2 aromatic carbocycles. The minimum atomic E-state index is -3.63. The van der Waals surface area contributed by atoms with Crippen molar-refractivity contribution in [3.8, 4) is 0 Å². The van der Waals surface area contributed by atoms with Crippen LogP contribution in [0, 0.1) is 6.92 Å². The second-order valence-corrected chi connectivity index (χ2v) is 8.26. The highest BCUT2D eigenvalue weighted by Gasteiger charge is 2.30. The van der Waals surface area contributed by atoms with Crippen LogP contribution in [0.5, 0.6) is 0 Å². The molecule has 4 nitrogen and oxygen atoms in total. The summed E-state index contributed by atoms with van der Waals surface area (Å²) in [5.41, 5.74) is 3.08. The minimum absolute atomic E-state index is 0.290. The maximum Gasteiger partial charge on any atom is 0.286 e. The first-order valence-corrected chi connectivity index (χ1v) is 10.3. The number of benzene rings is 2. The SMILES string of the molecule is CCCN1C(SCc2cccc(C)c2)=NS(=O)(=O)c2ccccc21. The summed E-state index contributed by atoms with van der Waals surface area (Å²) in [6.45, 7) is 4.87. The molecule has 1 aliphatic heterocycles. The summed E-state index contributed by atoms with van der Waals surface area (Å²) in [7, 11) is -3.63. The van der Waals surface area contributed by atoms with Crippen molar-refractivity contribution >= 4 is 32.6 Å². The van der Waals surface area contributed by atoms with Crippen LogP contribution in [0.4, 0.5) is 5.69 Å². The van der Waals surface area contributed by atoms with Gasteiger partial charge < -0.3 is 4.90 Å². The van der Waals surface area contributed by atoms with Gasteiger partial charge in [-0.05, 0) is 31.0 Å². The van der Waals surface area contributed by atoms with Crippen LogP contribution in [-0.4, -0.2) is 20.1 Å². The first-order chi connectivity index (χ1) is 11.5. The maximum absolute atomic E-state index is 12.5. The third-order valence-electron chi connectivity index (χ3n) is 3.76. The molecule has 0 saturated heterocycles. The third-order valence-corrected chi connectivity index (χ3v) is 6.24. The fourth-order valence-electron chi connectivity index (χ4n) is 2.70. The van der Waals surface area contributed by atoms with E-state index in [1.807, 2.05) is 23.1 Å². The van der Waals surface area contributed by atoms with Gasteiger partial charge in [-0.25, -0.2) is 0 Å². The van der Waals surface area contributed by atoms with Gasteiger partial charge >= 0.3 is 0 Å². The van der Waals surface area contributed by atoms with E-state index in [4.69, 9.17) is 0 Å². The number of nitrogens with zero attached hydrogens (tertiary/aromatic N) is 2. The second-order valence-electron chi connectivity index (χ2n) is 5.75. The van der Waals surface area contributed by atoms with Gasteiger partial charge in [0.05, 0.1) is 5.69 Å². The summed E-state index contributed by atoms with van der Waals surface area (Å²) in [6, 6.07) is 15.3. The van der Waals surface area contributed by atoms with Crippen LogP contribution in [0.2, 0.25) is 0 Å². The molecule has 0 N–H and O–H groups in total. The number of para-hydroxylation sites is 1. The van der Waals surface area contributed by atoms with Crippen molar-refractivity contribution in [2.24, 2.45) is 4.40 Å². The molecule has 0 bridgehead atoms. The fourth-order valence-corrected chi connectivity index (χ4v) is 5.12. The van der Waals surface area contributed by atoms with Crippen molar-refractivity contribution in [2.45, 2.75) is 30.9 Å². The van der Waals surface area contributed by atoms with Crippen molar-refractivity contribution < 1.29 is 8.42 Å². The molecule has 3 rings (SSSR count). The standard InChI is InChI=1S/C18H20N2O2S2/c1-3-11-20-16-9-4-5-10-17(16)24(21,22)19-18(20)23-13-15-8-6-7-14(2)12-15/h4-10,12H,3,11,13H2,1-2H3. The summed E-state index contributed by atoms with van der Waals surface area (Å²) in [5, 5.41) is 0.553. The van der Waals surface area contributed by atoms with Crippen LogP contribution in [0.15, 0.2) is 57.8 Å². The Kier molecular flexibility index (Phi) is 4.96. The van der Waals surface area contributed by atoms with Crippen LogP contribution in [0.3, 0.4) is 0 Å². The van der Waals surface area contributed by atoms with Crippen molar-refractivity contribution in [1.29, 1.82) is 0 Å². The largest absolute Gasteiger partial charge is 0.319 e. The van der Waals surface area contributed by atoms with Crippen molar-refractivity contribution in [3.05, 3.63) is 59.7 Å². The zero-order valence-corrected chi connectivity index (χ0v) is 15.4. The Bertz CT molecular complexity index is 876. The molecule has 0 unspecified atom stereocenters. The highest BCUT2D eigenvalue weighted by molar-refractivity contribution is 8.14. The Balaban J connectivity index is 1.92. The average molecular weight is 361 g/mol. The molecule has 2 aromatic rings. The molecule has 1 aliphatic rings. The lowest BCUT2D eigenvalue weighted by Crippen LogP contribution is -2.34. The van der Waals surface area contributed by atoms with Gasteiger partial charge in [0.1, 0.15) is 4.90 Å². The van der Waals surface area contributed by atoms with Crippen LogP contribution in [-0.2, 0) is 15.8 Å². The normalized spacial score (nSPS) is 15.8. The first-order valence-electron chi connectivity index (χ1n) is 7.91. The van der Waals surface area contributed by atoms with E-state index in [2.05, 4.69) is 36.4 Å². The third kappa shape index (κ3) is 3.49. The molecule has 0 fully saturated rings. The number of anilines is 1. The van der Waals surface area contributed by atoms with Gasteiger partial charge in [0.2, 0.25) is 0 Å². The number of fused-ring (bicyclic) bond motifs is 1. The number of aryl methyl sites for hydroxylation is 1. The van der Waals surface area contributed by atoms with Gasteiger partial charge in [-0.3, -0.25) is 0 Å². The molecule has 126 valence electrons. The zero-order chi connectivity index (χ0) is 17.2. The van der Waals surface area contributed by atoms with Gasteiger partial charge in [0, 0.05) is 12.3 Å². The van der Waals surface area contributed by atoms with Gasteiger partial charge in [-0.2, -0.15) is 8.42 Å². The highest BCUT2D eigenvalue weighted by atomic mass is 32.2. The number of hydrogen-bond acceptors (Lipinski definition) is 4. The number of sulfonamides is 1. The lowest BCUT2D eigenvalue weighted by molar-refractivity contribution is 0.597. The molecule has 1 heterocycles. The van der Waals surface area contributed by atoms with Crippen LogP contribution < -0.4 is 4.90 Å². The van der Waals surface area contributed by atoms with Gasteiger partial charge in [-0.15, -0.1) is 4.40 Å². The van der Waals surface area contributed by atoms with E-state index >= 15 is 0 Å². The summed E-state index contributed by atoms with van der Waals surface area (Å²) >= 11 is 1.47. The predicted molar refractivity (Wildman–Crippen MR) is 101 cm³/mol. The molecular formula is C18H20N2O2S2. The van der Waals surface area contributed by atoms with Gasteiger partial charge in [0.25, 0.3) is 10.0 Å². The van der Waals surface area contributed by atoms with E-state index < -0.39 is 10.0 Å². The Morgan fingerprint density at radius 1 is 1.12 bits per heavy atom. The number of thioether (sulfide) groups is 1. The fraction of sp³-hybridized carbons (Fsp3) is 0.278. The monoisotopic (exact) mass is 360 g/mol. The smallest absolute Gasteiger partial charge is 0.286 e. The first kappa shape index (κ1) is 17.0. The quantitative estimate of drug-likeness (QED) is 0.820. The molecule has 0 spiro atoms. The van der Waals surface area contributed by atoms with E-state index in [-0.39, 0.29) is 0 Å². The molecule has 6 heteroatoms. The molecule has 0 saturated carbocycles. The van der Waals surface area contributed by atoms with Crippen LogP contribution in [0.25, 0.3) is 0 Å².